The monoisotopic (exact) mass is 364 g/mol. The Bertz CT molecular complexity index is 887. The van der Waals surface area contributed by atoms with E-state index in [4.69, 9.17) is 4.74 Å². The molecule has 1 atom stereocenters. The number of nitrogens with one attached hydrogen (secondary N) is 2. The van der Waals surface area contributed by atoms with E-state index in [9.17, 15) is 4.79 Å². The van der Waals surface area contributed by atoms with E-state index in [0.29, 0.717) is 12.1 Å². The van der Waals surface area contributed by atoms with E-state index in [-0.39, 0.29) is 11.9 Å². The van der Waals surface area contributed by atoms with Gasteiger partial charge in [0.1, 0.15) is 0 Å². The summed E-state index contributed by atoms with van der Waals surface area (Å²) < 4.78 is 5.49. The predicted molar refractivity (Wildman–Crippen MR) is 105 cm³/mol. The Morgan fingerprint density at radius 1 is 1.19 bits per heavy atom. The minimum Gasteiger partial charge on any atom is -0.379 e. The number of rotatable bonds is 6. The molecule has 0 bridgehead atoms. The molecule has 1 fully saturated rings. The van der Waals surface area contributed by atoms with Crippen molar-refractivity contribution < 1.29 is 9.53 Å². The summed E-state index contributed by atoms with van der Waals surface area (Å²) in [7, 11) is 0. The second-order valence-electron chi connectivity index (χ2n) is 6.84. The van der Waals surface area contributed by atoms with Gasteiger partial charge in [-0.3, -0.25) is 9.69 Å². The van der Waals surface area contributed by atoms with Crippen LogP contribution in [0.15, 0.2) is 54.9 Å². The van der Waals surface area contributed by atoms with Gasteiger partial charge in [0, 0.05) is 31.2 Å². The van der Waals surface area contributed by atoms with Gasteiger partial charge in [0.05, 0.1) is 30.6 Å². The topological polar surface area (TPSA) is 70.2 Å². The molecule has 1 aromatic heterocycles. The summed E-state index contributed by atoms with van der Waals surface area (Å²) >= 11 is 0. The van der Waals surface area contributed by atoms with Gasteiger partial charge >= 0.3 is 0 Å². The molecule has 140 valence electrons. The summed E-state index contributed by atoms with van der Waals surface area (Å²) in [6.45, 7) is 3.89. The van der Waals surface area contributed by atoms with Crippen molar-refractivity contribution in [3.8, 4) is 0 Å². The highest BCUT2D eigenvalue weighted by atomic mass is 16.5. The second-order valence-corrected chi connectivity index (χ2v) is 6.84. The zero-order valence-electron chi connectivity index (χ0n) is 15.2. The summed E-state index contributed by atoms with van der Waals surface area (Å²) in [5, 5.41) is 3.12. The number of aromatic nitrogens is 2. The molecule has 0 radical (unpaired) electrons. The number of imidazole rings is 1. The minimum absolute atomic E-state index is 0.0576. The van der Waals surface area contributed by atoms with Crippen LogP contribution in [0.2, 0.25) is 0 Å². The van der Waals surface area contributed by atoms with E-state index in [0.717, 1.165) is 43.8 Å². The smallest absolute Gasteiger partial charge is 0.251 e. The number of nitrogens with zero attached hydrogens (tertiary/aromatic N) is 2. The lowest BCUT2D eigenvalue weighted by atomic mass is 10.0. The van der Waals surface area contributed by atoms with E-state index in [1.165, 1.54) is 5.56 Å². The molecular weight excluding hydrogens is 340 g/mol. The summed E-state index contributed by atoms with van der Waals surface area (Å²) in [6, 6.07) is 16.2. The summed E-state index contributed by atoms with van der Waals surface area (Å²) in [6.07, 6.45) is 2.54. The molecule has 1 aliphatic heterocycles. The molecule has 1 amide bonds. The SMILES string of the molecule is O=C(NCC(Cc1ccccc1)N1CCOCC1)c1ccc2nc[nH]c2c1. The number of morpholine rings is 1. The van der Waals surface area contributed by atoms with Crippen molar-refractivity contribution in [2.75, 3.05) is 32.8 Å². The number of fused-ring (bicyclic) bond motifs is 1. The molecule has 4 rings (SSSR count). The molecule has 3 aromatic rings. The first-order valence-corrected chi connectivity index (χ1v) is 9.36. The lowest BCUT2D eigenvalue weighted by Crippen LogP contribution is -2.49. The molecular formula is C21H24N4O2. The van der Waals surface area contributed by atoms with E-state index in [1.807, 2.05) is 24.3 Å². The maximum atomic E-state index is 12.7. The average Bonchev–Trinajstić information content (AvgIpc) is 3.20. The van der Waals surface area contributed by atoms with Gasteiger partial charge in [0.25, 0.3) is 5.91 Å². The van der Waals surface area contributed by atoms with Crippen LogP contribution >= 0.6 is 0 Å². The van der Waals surface area contributed by atoms with Crippen molar-refractivity contribution >= 4 is 16.9 Å². The molecule has 1 saturated heterocycles. The van der Waals surface area contributed by atoms with Crippen LogP contribution in [0, 0.1) is 0 Å². The third-order valence-corrected chi connectivity index (χ3v) is 5.06. The summed E-state index contributed by atoms with van der Waals surface area (Å²) in [5.74, 6) is -0.0576. The number of ether oxygens (including phenoxy) is 1. The normalized spacial score (nSPS) is 16.3. The first-order valence-electron chi connectivity index (χ1n) is 9.36. The van der Waals surface area contributed by atoms with E-state index >= 15 is 0 Å². The number of amides is 1. The first kappa shape index (κ1) is 17.7. The van der Waals surface area contributed by atoms with E-state index in [2.05, 4.69) is 44.5 Å². The van der Waals surface area contributed by atoms with Crippen molar-refractivity contribution in [1.82, 2.24) is 20.2 Å². The van der Waals surface area contributed by atoms with Gasteiger partial charge in [-0.05, 0) is 30.2 Å². The fraction of sp³-hybridized carbons (Fsp3) is 0.333. The van der Waals surface area contributed by atoms with Gasteiger partial charge in [-0.2, -0.15) is 0 Å². The molecule has 2 heterocycles. The highest BCUT2D eigenvalue weighted by Gasteiger charge is 2.22. The highest BCUT2D eigenvalue weighted by Crippen LogP contribution is 2.13. The summed E-state index contributed by atoms with van der Waals surface area (Å²) in [5.41, 5.74) is 3.66. The number of aromatic amines is 1. The standard InChI is InChI=1S/C21H24N4O2/c26-21(17-6-7-19-20(13-17)24-15-23-19)22-14-18(25-8-10-27-11-9-25)12-16-4-2-1-3-5-16/h1-7,13,15,18H,8-12,14H2,(H,22,26)(H,23,24). The highest BCUT2D eigenvalue weighted by molar-refractivity contribution is 5.97. The zero-order valence-corrected chi connectivity index (χ0v) is 15.2. The van der Waals surface area contributed by atoms with E-state index in [1.54, 1.807) is 6.33 Å². The molecule has 2 aromatic carbocycles. The van der Waals surface area contributed by atoms with E-state index < -0.39 is 0 Å². The molecule has 0 spiro atoms. The molecule has 0 saturated carbocycles. The van der Waals surface area contributed by atoms with Crippen LogP contribution in [0.3, 0.4) is 0 Å². The number of carbonyl (C=O) groups is 1. The Hall–Kier alpha value is -2.70. The Labute approximate surface area is 158 Å². The fourth-order valence-electron chi connectivity index (χ4n) is 3.55. The number of hydrogen-bond acceptors (Lipinski definition) is 4. The van der Waals surface area contributed by atoms with Gasteiger partial charge in [-0.15, -0.1) is 0 Å². The Morgan fingerprint density at radius 3 is 2.81 bits per heavy atom. The minimum atomic E-state index is -0.0576. The third kappa shape index (κ3) is 4.35. The van der Waals surface area contributed by atoms with Crippen LogP contribution in [0.25, 0.3) is 11.0 Å². The maximum Gasteiger partial charge on any atom is 0.251 e. The van der Waals surface area contributed by atoms with Gasteiger partial charge in [-0.25, -0.2) is 4.98 Å². The van der Waals surface area contributed by atoms with Gasteiger partial charge in [0.15, 0.2) is 0 Å². The fourth-order valence-corrected chi connectivity index (χ4v) is 3.55. The Kier molecular flexibility index (Phi) is 5.46. The van der Waals surface area contributed by atoms with Gasteiger partial charge < -0.3 is 15.0 Å². The van der Waals surface area contributed by atoms with Crippen molar-refractivity contribution in [2.24, 2.45) is 0 Å². The van der Waals surface area contributed by atoms with Crippen LogP contribution in [0.5, 0.6) is 0 Å². The quantitative estimate of drug-likeness (QED) is 0.704. The molecule has 0 aliphatic carbocycles. The van der Waals surface area contributed by atoms with Crippen LogP contribution in [0.4, 0.5) is 0 Å². The number of benzene rings is 2. The lowest BCUT2D eigenvalue weighted by Gasteiger charge is -2.34. The number of hydrogen-bond donors (Lipinski definition) is 2. The van der Waals surface area contributed by atoms with Crippen molar-refractivity contribution in [2.45, 2.75) is 12.5 Å². The number of H-pyrrole nitrogens is 1. The summed E-state index contributed by atoms with van der Waals surface area (Å²) in [4.78, 5) is 22.3. The number of carbonyl (C=O) groups excluding carboxylic acids is 1. The molecule has 2 N–H and O–H groups in total. The zero-order chi connectivity index (χ0) is 18.5. The van der Waals surface area contributed by atoms with Crippen molar-refractivity contribution in [1.29, 1.82) is 0 Å². The Balaban J connectivity index is 1.44. The van der Waals surface area contributed by atoms with Crippen LogP contribution < -0.4 is 5.32 Å². The molecule has 6 nitrogen and oxygen atoms in total. The first-order chi connectivity index (χ1) is 13.3. The largest absolute Gasteiger partial charge is 0.379 e. The Morgan fingerprint density at radius 2 is 2.00 bits per heavy atom. The van der Waals surface area contributed by atoms with Crippen LogP contribution in [0.1, 0.15) is 15.9 Å². The van der Waals surface area contributed by atoms with Gasteiger partial charge in [0.2, 0.25) is 0 Å². The molecule has 27 heavy (non-hydrogen) atoms. The molecule has 1 unspecified atom stereocenters. The van der Waals surface area contributed by atoms with Crippen LogP contribution in [-0.4, -0.2) is 59.7 Å². The maximum absolute atomic E-state index is 12.7. The molecule has 6 heteroatoms. The van der Waals surface area contributed by atoms with Gasteiger partial charge in [-0.1, -0.05) is 30.3 Å². The second kappa shape index (κ2) is 8.33. The van der Waals surface area contributed by atoms with Crippen LogP contribution in [-0.2, 0) is 11.2 Å². The third-order valence-electron chi connectivity index (χ3n) is 5.06. The lowest BCUT2D eigenvalue weighted by molar-refractivity contribution is 0.0167. The molecule has 1 aliphatic rings. The van der Waals surface area contributed by atoms with Crippen molar-refractivity contribution in [3.63, 3.8) is 0 Å². The average molecular weight is 364 g/mol. The van der Waals surface area contributed by atoms with Crippen molar-refractivity contribution in [3.05, 3.63) is 66.0 Å². The predicted octanol–water partition coefficient (Wildman–Crippen LogP) is 2.24.